The standard InChI is InChI=1S/C22H30N2O3S/c1-21(2,3)27-20(25)18-16-7-10-22(12-14-4-5-14,13-17(16)28-19(18)23)9-6-15-8-11-26-24-15/h8,11,14H,4-7,9-10,12-13,23H2,1-3H3. The molecule has 1 unspecified atom stereocenters. The molecule has 0 aliphatic heterocycles. The summed E-state index contributed by atoms with van der Waals surface area (Å²) in [4.78, 5) is 14.0. The van der Waals surface area contributed by atoms with E-state index in [0.29, 0.717) is 10.6 Å². The highest BCUT2D eigenvalue weighted by Gasteiger charge is 2.41. The molecule has 2 aromatic rings. The van der Waals surface area contributed by atoms with Gasteiger partial charge in [-0.3, -0.25) is 0 Å². The summed E-state index contributed by atoms with van der Waals surface area (Å²) >= 11 is 1.59. The van der Waals surface area contributed by atoms with E-state index in [1.165, 1.54) is 24.1 Å². The summed E-state index contributed by atoms with van der Waals surface area (Å²) in [5.41, 5.74) is 8.82. The zero-order valence-electron chi connectivity index (χ0n) is 17.0. The fourth-order valence-electron chi connectivity index (χ4n) is 4.50. The molecule has 0 spiro atoms. The summed E-state index contributed by atoms with van der Waals surface area (Å²) in [6, 6.07) is 1.96. The topological polar surface area (TPSA) is 78.4 Å². The average molecular weight is 403 g/mol. The Hall–Kier alpha value is -1.82. The minimum Gasteiger partial charge on any atom is -0.456 e. The van der Waals surface area contributed by atoms with E-state index < -0.39 is 5.60 Å². The van der Waals surface area contributed by atoms with Gasteiger partial charge in [0.15, 0.2) is 0 Å². The van der Waals surface area contributed by atoms with Crippen LogP contribution >= 0.6 is 11.3 Å². The highest BCUT2D eigenvalue weighted by Crippen LogP contribution is 2.52. The van der Waals surface area contributed by atoms with Crippen LogP contribution in [0.5, 0.6) is 0 Å². The second-order valence-corrected chi connectivity index (χ2v) is 10.7. The molecule has 2 aromatic heterocycles. The fourth-order valence-corrected chi connectivity index (χ4v) is 5.78. The molecule has 2 aliphatic carbocycles. The predicted molar refractivity (Wildman–Crippen MR) is 111 cm³/mol. The molecular weight excluding hydrogens is 372 g/mol. The Morgan fingerprint density at radius 3 is 2.86 bits per heavy atom. The summed E-state index contributed by atoms with van der Waals surface area (Å²) in [6.45, 7) is 5.68. The number of hydrogen-bond acceptors (Lipinski definition) is 6. The van der Waals surface area contributed by atoms with Crippen LogP contribution in [0.3, 0.4) is 0 Å². The van der Waals surface area contributed by atoms with E-state index >= 15 is 0 Å². The number of nitrogens with zero attached hydrogens (tertiary/aromatic N) is 1. The number of nitrogen functional groups attached to an aromatic ring is 1. The monoisotopic (exact) mass is 402 g/mol. The Morgan fingerprint density at radius 2 is 2.21 bits per heavy atom. The molecule has 152 valence electrons. The lowest BCUT2D eigenvalue weighted by Crippen LogP contribution is -2.31. The van der Waals surface area contributed by atoms with Gasteiger partial charge in [-0.1, -0.05) is 18.0 Å². The van der Waals surface area contributed by atoms with Gasteiger partial charge in [-0.05, 0) is 76.2 Å². The van der Waals surface area contributed by atoms with Crippen molar-refractivity contribution in [2.24, 2.45) is 11.3 Å². The predicted octanol–water partition coefficient (Wildman–Crippen LogP) is 5.18. The van der Waals surface area contributed by atoms with Gasteiger partial charge in [0.05, 0.1) is 11.3 Å². The first-order chi connectivity index (χ1) is 13.2. The Bertz CT molecular complexity index is 846. The minimum atomic E-state index is -0.514. The van der Waals surface area contributed by atoms with Crippen LogP contribution in [0.1, 0.15) is 79.4 Å². The number of ether oxygens (including phenoxy) is 1. The highest BCUT2D eigenvalue weighted by atomic mass is 32.1. The third-order valence-electron chi connectivity index (χ3n) is 5.98. The van der Waals surface area contributed by atoms with Crippen molar-refractivity contribution in [2.45, 2.75) is 77.7 Å². The van der Waals surface area contributed by atoms with Crippen LogP contribution in [0.15, 0.2) is 16.9 Å². The molecule has 2 heterocycles. The molecule has 1 saturated carbocycles. The van der Waals surface area contributed by atoms with Crippen LogP contribution in [0.2, 0.25) is 0 Å². The van der Waals surface area contributed by atoms with Gasteiger partial charge in [0.1, 0.15) is 16.9 Å². The maximum Gasteiger partial charge on any atom is 0.341 e. The molecule has 0 aromatic carbocycles. The van der Waals surface area contributed by atoms with Crippen LogP contribution in [-0.2, 0) is 24.0 Å². The number of carbonyl (C=O) groups is 1. The van der Waals surface area contributed by atoms with E-state index in [0.717, 1.165) is 49.3 Å². The fraction of sp³-hybridized carbons (Fsp3) is 0.636. The Balaban J connectivity index is 1.56. The molecule has 0 bridgehead atoms. The first-order valence-corrected chi connectivity index (χ1v) is 11.1. The number of rotatable bonds is 6. The van der Waals surface area contributed by atoms with Crippen LogP contribution in [0.4, 0.5) is 5.00 Å². The summed E-state index contributed by atoms with van der Waals surface area (Å²) in [5, 5.41) is 4.70. The van der Waals surface area contributed by atoms with Gasteiger partial charge in [-0.15, -0.1) is 11.3 Å². The molecule has 5 nitrogen and oxygen atoms in total. The lowest BCUT2D eigenvalue weighted by Gasteiger charge is -2.38. The van der Waals surface area contributed by atoms with Gasteiger partial charge in [0, 0.05) is 10.9 Å². The summed E-state index contributed by atoms with van der Waals surface area (Å²) in [7, 11) is 0. The number of thiophene rings is 1. The first kappa shape index (κ1) is 19.5. The number of fused-ring (bicyclic) bond motifs is 1. The average Bonchev–Trinajstić information content (AvgIpc) is 3.13. The summed E-state index contributed by atoms with van der Waals surface area (Å²) in [6.07, 6.45) is 10.7. The zero-order chi connectivity index (χ0) is 19.9. The SMILES string of the molecule is CC(C)(C)OC(=O)c1c(N)sc2c1CCC(CCc1ccon1)(CC1CC1)C2. The largest absolute Gasteiger partial charge is 0.456 e. The van der Waals surface area contributed by atoms with Gasteiger partial charge in [-0.2, -0.15) is 0 Å². The third-order valence-corrected chi connectivity index (χ3v) is 7.04. The van der Waals surface area contributed by atoms with Gasteiger partial charge >= 0.3 is 5.97 Å². The maximum atomic E-state index is 12.7. The van der Waals surface area contributed by atoms with Crippen molar-refractivity contribution in [1.82, 2.24) is 5.16 Å². The molecule has 0 saturated heterocycles. The normalized spacial score (nSPS) is 22.1. The van der Waals surface area contributed by atoms with Crippen LogP contribution in [0, 0.1) is 11.3 Å². The van der Waals surface area contributed by atoms with Gasteiger partial charge in [0.2, 0.25) is 0 Å². The van der Waals surface area contributed by atoms with Crippen molar-refractivity contribution in [3.05, 3.63) is 34.0 Å². The molecule has 0 radical (unpaired) electrons. The molecular formula is C22H30N2O3S. The van der Waals surface area contributed by atoms with Gasteiger partial charge in [0.25, 0.3) is 0 Å². The van der Waals surface area contributed by atoms with E-state index in [9.17, 15) is 4.79 Å². The Morgan fingerprint density at radius 1 is 1.43 bits per heavy atom. The summed E-state index contributed by atoms with van der Waals surface area (Å²) in [5.74, 6) is 0.585. The number of aromatic nitrogens is 1. The smallest absolute Gasteiger partial charge is 0.341 e. The van der Waals surface area contributed by atoms with Crippen LogP contribution in [0.25, 0.3) is 0 Å². The van der Waals surface area contributed by atoms with Crippen molar-refractivity contribution in [1.29, 1.82) is 0 Å². The second kappa shape index (κ2) is 7.21. The van der Waals surface area contributed by atoms with Crippen molar-refractivity contribution in [3.8, 4) is 0 Å². The lowest BCUT2D eigenvalue weighted by molar-refractivity contribution is 0.00692. The number of anilines is 1. The highest BCUT2D eigenvalue weighted by molar-refractivity contribution is 7.16. The van der Waals surface area contributed by atoms with Crippen molar-refractivity contribution >= 4 is 22.3 Å². The Labute approximate surface area is 170 Å². The molecule has 1 atom stereocenters. The first-order valence-electron chi connectivity index (χ1n) is 10.3. The number of carbonyl (C=O) groups excluding carboxylic acids is 1. The van der Waals surface area contributed by atoms with E-state index in [2.05, 4.69) is 5.16 Å². The maximum absolute atomic E-state index is 12.7. The van der Waals surface area contributed by atoms with Gasteiger partial charge in [-0.25, -0.2) is 4.79 Å². The molecule has 28 heavy (non-hydrogen) atoms. The quantitative estimate of drug-likeness (QED) is 0.673. The summed E-state index contributed by atoms with van der Waals surface area (Å²) < 4.78 is 10.6. The van der Waals surface area contributed by atoms with Crippen molar-refractivity contribution < 1.29 is 14.1 Å². The van der Waals surface area contributed by atoms with Crippen LogP contribution < -0.4 is 5.73 Å². The molecule has 1 fully saturated rings. The Kier molecular flexibility index (Phi) is 5.02. The van der Waals surface area contributed by atoms with E-state index in [-0.39, 0.29) is 11.4 Å². The van der Waals surface area contributed by atoms with Gasteiger partial charge < -0.3 is 15.0 Å². The molecule has 6 heteroatoms. The minimum absolute atomic E-state index is 0.273. The zero-order valence-corrected chi connectivity index (χ0v) is 17.9. The van der Waals surface area contributed by atoms with E-state index in [1.54, 1.807) is 17.6 Å². The van der Waals surface area contributed by atoms with E-state index in [1.807, 2.05) is 26.8 Å². The lowest BCUT2D eigenvalue weighted by atomic mass is 9.67. The van der Waals surface area contributed by atoms with Crippen molar-refractivity contribution in [2.75, 3.05) is 5.73 Å². The third kappa shape index (κ3) is 4.27. The van der Waals surface area contributed by atoms with Crippen LogP contribution in [-0.4, -0.2) is 16.7 Å². The molecule has 4 rings (SSSR count). The molecule has 2 aliphatic rings. The number of nitrogens with two attached hydrogens (primary N) is 1. The molecule has 2 N–H and O–H groups in total. The van der Waals surface area contributed by atoms with Crippen molar-refractivity contribution in [3.63, 3.8) is 0 Å². The molecule has 0 amide bonds. The number of esters is 1. The number of aryl methyl sites for hydroxylation is 1. The van der Waals surface area contributed by atoms with E-state index in [4.69, 9.17) is 15.0 Å². The second-order valence-electron chi connectivity index (χ2n) is 9.56. The number of hydrogen-bond donors (Lipinski definition) is 1.